The first kappa shape index (κ1) is 81.9. The second-order valence-electron chi connectivity index (χ2n) is 24.6. The van der Waals surface area contributed by atoms with E-state index < -0.39 is 6.10 Å². The third-order valence-corrected chi connectivity index (χ3v) is 18.1. The average Bonchev–Trinajstić information content (AvgIpc) is 1.99. The van der Waals surface area contributed by atoms with Crippen molar-refractivity contribution in [3.63, 3.8) is 0 Å². The summed E-state index contributed by atoms with van der Waals surface area (Å²) in [5, 5.41) is 1.32. The highest BCUT2D eigenvalue weighted by Crippen LogP contribution is 2.44. The van der Waals surface area contributed by atoms with Crippen molar-refractivity contribution in [2.75, 3.05) is 47.0 Å². The summed E-state index contributed by atoms with van der Waals surface area (Å²) in [5.74, 6) is 0.526. The zero-order valence-electron chi connectivity index (χ0n) is 57.3. The number of methoxy groups -OCH3 is 1. The van der Waals surface area contributed by atoms with Gasteiger partial charge in [-0.25, -0.2) is 0 Å². The van der Waals surface area contributed by atoms with Crippen LogP contribution in [0.25, 0.3) is 16.5 Å². The minimum Gasteiger partial charge on any atom is -0.462 e. The summed E-state index contributed by atoms with van der Waals surface area (Å²) in [6, 6.07) is 6.95. The molecule has 0 fully saturated rings. The molecular formula is C75H128BrN3O9. The predicted octanol–water partition coefficient (Wildman–Crippen LogP) is 20.2. The smallest absolute Gasteiger partial charge is 0.307 e. The monoisotopic (exact) mass is 1290 g/mol. The fourth-order valence-electron chi connectivity index (χ4n) is 11.3. The minimum atomic E-state index is -0.527. The van der Waals surface area contributed by atoms with Gasteiger partial charge in [0.25, 0.3) is 6.47 Å². The largest absolute Gasteiger partial charge is 0.462 e. The summed E-state index contributed by atoms with van der Waals surface area (Å²) < 4.78 is 23.7. The van der Waals surface area contributed by atoms with Gasteiger partial charge in [-0.2, -0.15) is 0 Å². The number of benzene rings is 1. The van der Waals surface area contributed by atoms with Crippen molar-refractivity contribution in [3.05, 3.63) is 64.3 Å². The first-order valence-corrected chi connectivity index (χ1v) is 36.3. The van der Waals surface area contributed by atoms with Crippen molar-refractivity contribution >= 4 is 63.5 Å². The maximum atomic E-state index is 12.4. The number of aromatic nitrogens is 1. The number of aldehydes is 1. The van der Waals surface area contributed by atoms with Crippen LogP contribution in [0.4, 0.5) is 0 Å². The molecule has 1 aliphatic carbocycles. The SMILES string of the molecule is CCC(C)CCCCCCCCC(=O)OCn1c(Br)c2c3c(cccc31)C1=CCCN(C)C1C2.CCCCCCCC/C=C\CCCCCCCC(=O)OCC(COC)OC=O.CCCCCCCC/C=C\CCCCCCCC=O.CCN(C=O)CC. The lowest BCUT2D eigenvalue weighted by Gasteiger charge is -2.37. The van der Waals surface area contributed by atoms with Gasteiger partial charge in [-0.05, 0) is 149 Å². The quantitative estimate of drug-likeness (QED) is 0.0207. The third-order valence-electron chi connectivity index (χ3n) is 17.2. The fourth-order valence-corrected chi connectivity index (χ4v) is 11.9. The molecule has 2 heterocycles. The number of unbranched alkanes of at least 4 members (excludes halogenated alkanes) is 28. The molecule has 1 amide bonds. The highest BCUT2D eigenvalue weighted by molar-refractivity contribution is 9.10. The first-order valence-electron chi connectivity index (χ1n) is 35.5. The van der Waals surface area contributed by atoms with Crippen molar-refractivity contribution in [2.45, 2.75) is 311 Å². The van der Waals surface area contributed by atoms with Crippen LogP contribution in [-0.4, -0.2) is 105 Å². The lowest BCUT2D eigenvalue weighted by atomic mass is 9.82. The molecule has 1 aliphatic heterocycles. The van der Waals surface area contributed by atoms with Gasteiger partial charge in [-0.15, -0.1) is 0 Å². The Morgan fingerprint density at radius 2 is 1.12 bits per heavy atom. The molecule has 2 aromatic rings. The van der Waals surface area contributed by atoms with Crippen LogP contribution in [0.15, 0.2) is 53.2 Å². The molecule has 4 rings (SSSR count). The Kier molecular flexibility index (Phi) is 54.0. The van der Waals surface area contributed by atoms with Crippen molar-refractivity contribution < 1.29 is 42.9 Å². The van der Waals surface area contributed by atoms with Crippen LogP contribution >= 0.6 is 15.9 Å². The van der Waals surface area contributed by atoms with Crippen LogP contribution < -0.4 is 0 Å². The van der Waals surface area contributed by atoms with E-state index in [0.717, 1.165) is 113 Å². The number of ether oxygens (including phenoxy) is 4. The number of esters is 2. The van der Waals surface area contributed by atoms with Gasteiger partial charge >= 0.3 is 11.9 Å². The first-order chi connectivity index (χ1) is 43.0. The van der Waals surface area contributed by atoms with Crippen molar-refractivity contribution in [3.8, 4) is 0 Å². The molecule has 0 N–H and O–H groups in total. The molecule has 0 saturated heterocycles. The molecule has 1 aromatic heterocycles. The van der Waals surface area contributed by atoms with Crippen LogP contribution in [0.1, 0.15) is 297 Å². The number of carbonyl (C=O) groups excluding carboxylic acids is 5. The van der Waals surface area contributed by atoms with E-state index in [0.29, 0.717) is 25.4 Å². The molecule has 1 aromatic carbocycles. The Bertz CT molecular complexity index is 2130. The van der Waals surface area contributed by atoms with Crippen molar-refractivity contribution in [2.24, 2.45) is 5.92 Å². The van der Waals surface area contributed by atoms with Crippen LogP contribution in [0.2, 0.25) is 0 Å². The Balaban J connectivity index is 0.000000647. The molecule has 3 unspecified atom stereocenters. The molecule has 0 saturated carbocycles. The van der Waals surface area contributed by atoms with Crippen LogP contribution in [0.5, 0.6) is 0 Å². The van der Waals surface area contributed by atoms with Crippen molar-refractivity contribution in [1.82, 2.24) is 14.4 Å². The van der Waals surface area contributed by atoms with Gasteiger partial charge in [0, 0.05) is 57.4 Å². The van der Waals surface area contributed by atoms with Crippen LogP contribution in [0.3, 0.4) is 0 Å². The molecule has 2 aliphatic rings. The number of likely N-dealkylation sites (N-methyl/N-ethyl adjacent to an activating group) is 1. The fraction of sp³-hybridized carbons (Fsp3) is 0.747. The highest BCUT2D eigenvalue weighted by atomic mass is 79.9. The molecule has 0 spiro atoms. The summed E-state index contributed by atoms with van der Waals surface area (Å²) in [5.41, 5.74) is 5.28. The van der Waals surface area contributed by atoms with Gasteiger partial charge in [-0.3, -0.25) is 24.1 Å². The number of carbonyl (C=O) groups is 5. The second-order valence-corrected chi connectivity index (χ2v) is 25.3. The number of hydrogen-bond acceptors (Lipinski definition) is 10. The normalized spacial score (nSPS) is 14.1. The Labute approximate surface area is 546 Å². The number of amides is 1. The maximum absolute atomic E-state index is 12.4. The summed E-state index contributed by atoms with van der Waals surface area (Å²) in [6.07, 6.45) is 59.9. The number of fused-ring (bicyclic) bond motifs is 2. The van der Waals surface area contributed by atoms with E-state index in [-0.39, 0.29) is 31.9 Å². The second kappa shape index (κ2) is 58.0. The van der Waals surface area contributed by atoms with E-state index in [1.807, 2.05) is 13.8 Å². The molecule has 0 radical (unpaired) electrons. The van der Waals surface area contributed by atoms with Gasteiger partial charge in [0.15, 0.2) is 12.8 Å². The molecular weight excluding hydrogens is 1170 g/mol. The van der Waals surface area contributed by atoms with Gasteiger partial charge in [-0.1, -0.05) is 218 Å². The van der Waals surface area contributed by atoms with Crippen molar-refractivity contribution in [1.29, 1.82) is 0 Å². The van der Waals surface area contributed by atoms with E-state index in [1.54, 1.807) is 4.90 Å². The summed E-state index contributed by atoms with van der Waals surface area (Å²) in [7, 11) is 3.73. The standard InChI is InChI=1S/C29H41BrN2O2.C23H42O5.C18H34O.C5H11NO/c1-4-21(2)13-9-7-5-6-8-10-17-27(33)34-20-32-25-16-11-14-23-22-15-12-18-31(3)26(22)19-24(28(23)25)29(32)30;1-3-4-5-6-7-8-9-10-11-12-13-14-15-16-17-18-23(25)27-20-22(19-26-2)28-21-24;1-2-3-4-5-6-7-8-9-10-11-12-13-14-15-16-17-18-19;1-3-6(4-2)5-7/h11,14-16,21,26H,4-10,12-13,17-20H2,1-3H3;10-11,21-22H,3-9,12-20H2,1-2H3;9-10,18H,2-8,11-17H2,1H3;5H,3-4H2,1-2H3/b;11-10-;10-9-;. The number of hydrogen-bond donors (Lipinski definition) is 0. The van der Waals surface area contributed by atoms with Gasteiger partial charge < -0.3 is 33.2 Å². The molecule has 13 heteroatoms. The summed E-state index contributed by atoms with van der Waals surface area (Å²) >= 11 is 3.85. The van der Waals surface area contributed by atoms with E-state index in [1.165, 1.54) is 203 Å². The Hall–Kier alpha value is -4.07. The lowest BCUT2D eigenvalue weighted by Crippen LogP contribution is -2.39. The Morgan fingerprint density at radius 3 is 1.59 bits per heavy atom. The molecule has 0 bridgehead atoms. The number of halogens is 1. The third kappa shape index (κ3) is 39.9. The lowest BCUT2D eigenvalue weighted by molar-refractivity contribution is -0.154. The summed E-state index contributed by atoms with van der Waals surface area (Å²) in [6.45, 7) is 16.7. The predicted molar refractivity (Wildman–Crippen MR) is 373 cm³/mol. The van der Waals surface area contributed by atoms with E-state index >= 15 is 0 Å². The number of rotatable bonds is 51. The molecule has 3 atom stereocenters. The molecule has 504 valence electrons. The van der Waals surface area contributed by atoms with E-state index in [4.69, 9.17) is 18.9 Å². The van der Waals surface area contributed by atoms with Crippen LogP contribution in [-0.2, 0) is 56.1 Å². The summed E-state index contributed by atoms with van der Waals surface area (Å²) in [4.78, 5) is 58.6. The highest BCUT2D eigenvalue weighted by Gasteiger charge is 2.33. The van der Waals surface area contributed by atoms with Gasteiger partial charge in [0.05, 0.1) is 16.7 Å². The minimum absolute atomic E-state index is 0.0521. The number of allylic oxidation sites excluding steroid dienone is 4. The zero-order chi connectivity index (χ0) is 64.5. The van der Waals surface area contributed by atoms with Crippen LogP contribution in [0, 0.1) is 5.92 Å². The number of nitrogens with zero attached hydrogens (tertiary/aromatic N) is 3. The topological polar surface area (TPSA) is 134 Å². The average molecular weight is 1300 g/mol. The Morgan fingerprint density at radius 1 is 0.636 bits per heavy atom. The van der Waals surface area contributed by atoms with Gasteiger partial charge in [0.2, 0.25) is 6.41 Å². The van der Waals surface area contributed by atoms with Gasteiger partial charge in [0.1, 0.15) is 12.9 Å². The van der Waals surface area contributed by atoms with E-state index in [9.17, 15) is 24.0 Å². The zero-order valence-corrected chi connectivity index (χ0v) is 58.9. The maximum Gasteiger partial charge on any atom is 0.307 e. The molecule has 12 nitrogen and oxygen atoms in total. The molecule has 88 heavy (non-hydrogen) atoms. The van der Waals surface area contributed by atoms with E-state index in [2.05, 4.69) is 109 Å².